The number of aromatic nitrogens is 1. The summed E-state index contributed by atoms with van der Waals surface area (Å²) in [5.41, 5.74) is 4.25. The number of rotatable bonds is 3. The number of hydrogen-bond donors (Lipinski definition) is 1. The number of anilines is 1. The van der Waals surface area contributed by atoms with Gasteiger partial charge in [0, 0.05) is 30.9 Å². The molecule has 110 valence electrons. The van der Waals surface area contributed by atoms with E-state index in [0.29, 0.717) is 6.04 Å². The SMILES string of the molecule is CNC(C)c1cccnc1N1CCc2ccccc2CC1. The second-order valence-corrected chi connectivity index (χ2v) is 5.68. The van der Waals surface area contributed by atoms with Crippen LogP contribution in [-0.2, 0) is 12.8 Å². The fourth-order valence-electron chi connectivity index (χ4n) is 3.05. The highest BCUT2D eigenvalue weighted by molar-refractivity contribution is 5.49. The Morgan fingerprint density at radius 1 is 1.05 bits per heavy atom. The van der Waals surface area contributed by atoms with Crippen LogP contribution in [0.5, 0.6) is 0 Å². The smallest absolute Gasteiger partial charge is 0.133 e. The van der Waals surface area contributed by atoms with Crippen LogP contribution < -0.4 is 10.2 Å². The molecule has 1 aliphatic heterocycles. The first-order valence-corrected chi connectivity index (χ1v) is 7.73. The predicted molar refractivity (Wildman–Crippen MR) is 87.8 cm³/mol. The molecule has 3 heteroatoms. The molecule has 0 radical (unpaired) electrons. The lowest BCUT2D eigenvalue weighted by Gasteiger charge is -2.26. The molecule has 1 aliphatic rings. The molecule has 0 saturated heterocycles. The van der Waals surface area contributed by atoms with Gasteiger partial charge in [0.15, 0.2) is 0 Å². The summed E-state index contributed by atoms with van der Waals surface area (Å²) in [6, 6.07) is 13.3. The molecule has 1 atom stereocenters. The average molecular weight is 281 g/mol. The number of fused-ring (bicyclic) bond motifs is 1. The topological polar surface area (TPSA) is 28.2 Å². The van der Waals surface area contributed by atoms with Gasteiger partial charge in [-0.05, 0) is 44.0 Å². The van der Waals surface area contributed by atoms with Crippen LogP contribution in [0.1, 0.15) is 29.7 Å². The van der Waals surface area contributed by atoms with Gasteiger partial charge in [0.25, 0.3) is 0 Å². The summed E-state index contributed by atoms with van der Waals surface area (Å²) in [6.45, 7) is 4.27. The van der Waals surface area contributed by atoms with E-state index in [9.17, 15) is 0 Å². The Labute approximate surface area is 127 Å². The molecule has 3 rings (SSSR count). The van der Waals surface area contributed by atoms with Gasteiger partial charge in [-0.3, -0.25) is 0 Å². The second-order valence-electron chi connectivity index (χ2n) is 5.68. The maximum Gasteiger partial charge on any atom is 0.133 e. The molecule has 1 unspecified atom stereocenters. The van der Waals surface area contributed by atoms with Gasteiger partial charge in [-0.25, -0.2) is 4.98 Å². The molecule has 0 amide bonds. The molecule has 0 spiro atoms. The van der Waals surface area contributed by atoms with Crippen molar-refractivity contribution in [2.75, 3.05) is 25.0 Å². The fourth-order valence-corrected chi connectivity index (χ4v) is 3.05. The summed E-state index contributed by atoms with van der Waals surface area (Å²) in [4.78, 5) is 7.10. The van der Waals surface area contributed by atoms with Crippen LogP contribution in [0.2, 0.25) is 0 Å². The summed E-state index contributed by atoms with van der Waals surface area (Å²) >= 11 is 0. The Kier molecular flexibility index (Phi) is 4.20. The standard InChI is InChI=1S/C18H23N3/c1-14(19-2)17-8-5-11-20-18(17)21-12-9-15-6-3-4-7-16(15)10-13-21/h3-8,11,14,19H,9-10,12-13H2,1-2H3. The molecular weight excluding hydrogens is 258 g/mol. The largest absolute Gasteiger partial charge is 0.356 e. The zero-order chi connectivity index (χ0) is 14.7. The van der Waals surface area contributed by atoms with Gasteiger partial charge in [-0.1, -0.05) is 30.3 Å². The van der Waals surface area contributed by atoms with E-state index in [2.05, 4.69) is 52.5 Å². The first kappa shape index (κ1) is 14.1. The number of hydrogen-bond acceptors (Lipinski definition) is 3. The highest BCUT2D eigenvalue weighted by Crippen LogP contribution is 2.26. The molecule has 1 aromatic carbocycles. The summed E-state index contributed by atoms with van der Waals surface area (Å²) in [7, 11) is 2.00. The molecule has 2 heterocycles. The molecular formula is C18H23N3. The average Bonchev–Trinajstić information content (AvgIpc) is 2.77. The van der Waals surface area contributed by atoms with Crippen LogP contribution in [0, 0.1) is 0 Å². The molecule has 21 heavy (non-hydrogen) atoms. The highest BCUT2D eigenvalue weighted by Gasteiger charge is 2.19. The number of nitrogens with one attached hydrogen (secondary N) is 1. The van der Waals surface area contributed by atoms with E-state index in [0.717, 1.165) is 31.7 Å². The predicted octanol–water partition coefficient (Wildman–Crippen LogP) is 2.97. The van der Waals surface area contributed by atoms with Gasteiger partial charge in [0.1, 0.15) is 5.82 Å². The third kappa shape index (κ3) is 2.93. The van der Waals surface area contributed by atoms with Gasteiger partial charge < -0.3 is 10.2 Å². The minimum absolute atomic E-state index is 0.319. The second kappa shape index (κ2) is 6.27. The van der Waals surface area contributed by atoms with Crippen LogP contribution >= 0.6 is 0 Å². The number of pyridine rings is 1. The quantitative estimate of drug-likeness (QED) is 0.937. The van der Waals surface area contributed by atoms with E-state index in [1.54, 1.807) is 0 Å². The van der Waals surface area contributed by atoms with Crippen LogP contribution in [0.25, 0.3) is 0 Å². The summed E-state index contributed by atoms with van der Waals surface area (Å²) in [5.74, 6) is 1.13. The van der Waals surface area contributed by atoms with Crippen LogP contribution in [0.4, 0.5) is 5.82 Å². The normalized spacial score (nSPS) is 16.2. The monoisotopic (exact) mass is 281 g/mol. The van der Waals surface area contributed by atoms with Crippen molar-refractivity contribution in [3.05, 3.63) is 59.3 Å². The number of benzene rings is 1. The van der Waals surface area contributed by atoms with E-state index in [1.807, 2.05) is 19.3 Å². The molecule has 0 fully saturated rings. The van der Waals surface area contributed by atoms with Crippen molar-refractivity contribution in [1.82, 2.24) is 10.3 Å². The molecule has 0 saturated carbocycles. The van der Waals surface area contributed by atoms with Gasteiger partial charge in [0.05, 0.1) is 0 Å². The van der Waals surface area contributed by atoms with E-state index >= 15 is 0 Å². The van der Waals surface area contributed by atoms with Crippen LogP contribution in [0.15, 0.2) is 42.6 Å². The Morgan fingerprint density at radius 3 is 2.33 bits per heavy atom. The lowest BCUT2D eigenvalue weighted by atomic mass is 10.0. The molecule has 2 aromatic rings. The van der Waals surface area contributed by atoms with Gasteiger partial charge in [0.2, 0.25) is 0 Å². The highest BCUT2D eigenvalue weighted by atomic mass is 15.2. The van der Waals surface area contributed by atoms with Crippen LogP contribution in [0.3, 0.4) is 0 Å². The van der Waals surface area contributed by atoms with Crippen molar-refractivity contribution >= 4 is 5.82 Å². The summed E-state index contributed by atoms with van der Waals surface area (Å²) in [5, 5.41) is 3.33. The van der Waals surface area contributed by atoms with Gasteiger partial charge in [-0.15, -0.1) is 0 Å². The number of nitrogens with zero attached hydrogens (tertiary/aromatic N) is 2. The maximum absolute atomic E-state index is 4.66. The molecule has 1 aromatic heterocycles. The zero-order valence-corrected chi connectivity index (χ0v) is 12.8. The van der Waals surface area contributed by atoms with E-state index in [4.69, 9.17) is 0 Å². The zero-order valence-electron chi connectivity index (χ0n) is 12.8. The Morgan fingerprint density at radius 2 is 1.71 bits per heavy atom. The minimum atomic E-state index is 0.319. The van der Waals surface area contributed by atoms with Crippen molar-refractivity contribution < 1.29 is 0 Å². The molecule has 1 N–H and O–H groups in total. The van der Waals surface area contributed by atoms with Crippen molar-refractivity contribution in [2.24, 2.45) is 0 Å². The first-order valence-electron chi connectivity index (χ1n) is 7.73. The van der Waals surface area contributed by atoms with Crippen molar-refractivity contribution in [3.8, 4) is 0 Å². The lowest BCUT2D eigenvalue weighted by Crippen LogP contribution is -2.29. The van der Waals surface area contributed by atoms with Crippen molar-refractivity contribution in [2.45, 2.75) is 25.8 Å². The summed E-state index contributed by atoms with van der Waals surface area (Å²) in [6.07, 6.45) is 4.10. The molecule has 0 bridgehead atoms. The fraction of sp³-hybridized carbons (Fsp3) is 0.389. The molecule has 0 aliphatic carbocycles. The maximum atomic E-state index is 4.66. The Bertz CT molecular complexity index is 582. The third-order valence-electron chi connectivity index (χ3n) is 4.44. The van der Waals surface area contributed by atoms with Crippen molar-refractivity contribution in [3.63, 3.8) is 0 Å². The third-order valence-corrected chi connectivity index (χ3v) is 4.44. The van der Waals surface area contributed by atoms with E-state index in [-0.39, 0.29) is 0 Å². The van der Waals surface area contributed by atoms with E-state index in [1.165, 1.54) is 16.7 Å². The Hall–Kier alpha value is -1.87. The molecule has 3 nitrogen and oxygen atoms in total. The minimum Gasteiger partial charge on any atom is -0.356 e. The lowest BCUT2D eigenvalue weighted by molar-refractivity contribution is 0.642. The van der Waals surface area contributed by atoms with Gasteiger partial charge in [-0.2, -0.15) is 0 Å². The van der Waals surface area contributed by atoms with E-state index < -0.39 is 0 Å². The van der Waals surface area contributed by atoms with Crippen LogP contribution in [-0.4, -0.2) is 25.1 Å². The first-order chi connectivity index (χ1) is 10.3. The summed E-state index contributed by atoms with van der Waals surface area (Å²) < 4.78 is 0. The van der Waals surface area contributed by atoms with Gasteiger partial charge >= 0.3 is 0 Å². The Balaban J connectivity index is 1.86. The van der Waals surface area contributed by atoms with Crippen molar-refractivity contribution in [1.29, 1.82) is 0 Å².